The quantitative estimate of drug-likeness (QED) is 0.787. The summed E-state index contributed by atoms with van der Waals surface area (Å²) in [6.07, 6.45) is 5.05. The van der Waals surface area contributed by atoms with Crippen LogP contribution in [-0.4, -0.2) is 35.3 Å². The van der Waals surface area contributed by atoms with Crippen LogP contribution in [0.1, 0.15) is 32.6 Å². The number of nitrogens with two attached hydrogens (primary N) is 1. The van der Waals surface area contributed by atoms with Crippen LogP contribution in [0.3, 0.4) is 0 Å². The van der Waals surface area contributed by atoms with Crippen molar-refractivity contribution in [3.63, 3.8) is 0 Å². The summed E-state index contributed by atoms with van der Waals surface area (Å²) in [5, 5.41) is 1.11. The molecule has 1 heterocycles. The maximum absolute atomic E-state index is 11.8. The molecule has 1 saturated heterocycles. The number of carbonyl (C=O) groups is 1. The fraction of sp³-hybridized carbons (Fsp3) is 0.917. The number of carbonyl (C=O) groups excluding carboxylic acids is 1. The maximum atomic E-state index is 11.8. The summed E-state index contributed by atoms with van der Waals surface area (Å²) >= 11 is 3.57. The van der Waals surface area contributed by atoms with E-state index in [2.05, 4.69) is 15.9 Å². The topological polar surface area (TPSA) is 46.3 Å². The molecule has 2 N–H and O–H groups in total. The van der Waals surface area contributed by atoms with Crippen molar-refractivity contribution in [2.24, 2.45) is 17.1 Å². The Kier molecular flexibility index (Phi) is 3.59. The van der Waals surface area contributed by atoms with E-state index in [0.29, 0.717) is 5.41 Å². The zero-order valence-electron chi connectivity index (χ0n) is 9.92. The predicted octanol–water partition coefficient (Wildman–Crippen LogP) is 1.75. The van der Waals surface area contributed by atoms with Gasteiger partial charge in [-0.15, -0.1) is 0 Å². The fourth-order valence-corrected chi connectivity index (χ4v) is 3.79. The lowest BCUT2D eigenvalue weighted by Gasteiger charge is -2.25. The van der Waals surface area contributed by atoms with Crippen molar-refractivity contribution in [2.45, 2.75) is 38.6 Å². The van der Waals surface area contributed by atoms with Crippen molar-refractivity contribution >= 4 is 21.8 Å². The molecule has 0 aromatic carbocycles. The molecule has 0 aromatic rings. The van der Waals surface area contributed by atoms with Gasteiger partial charge in [0.05, 0.1) is 6.04 Å². The number of amides is 1. The molecule has 4 heteroatoms. The molecule has 3 nitrogen and oxygen atoms in total. The van der Waals surface area contributed by atoms with E-state index in [9.17, 15) is 4.79 Å². The van der Waals surface area contributed by atoms with Gasteiger partial charge in [-0.1, -0.05) is 15.9 Å². The van der Waals surface area contributed by atoms with Gasteiger partial charge in [-0.3, -0.25) is 4.79 Å². The van der Waals surface area contributed by atoms with Gasteiger partial charge in [0.2, 0.25) is 5.91 Å². The van der Waals surface area contributed by atoms with Crippen molar-refractivity contribution in [1.29, 1.82) is 0 Å². The van der Waals surface area contributed by atoms with E-state index in [1.807, 2.05) is 4.90 Å². The molecule has 1 amide bonds. The second kappa shape index (κ2) is 4.65. The third kappa shape index (κ3) is 2.28. The highest BCUT2D eigenvalue weighted by molar-refractivity contribution is 9.09. The Balaban J connectivity index is 1.95. The van der Waals surface area contributed by atoms with Gasteiger partial charge in [0, 0.05) is 18.4 Å². The molecule has 2 rings (SSSR count). The lowest BCUT2D eigenvalue weighted by molar-refractivity contribution is -0.131. The highest BCUT2D eigenvalue weighted by atomic mass is 79.9. The van der Waals surface area contributed by atoms with Gasteiger partial charge in [0.1, 0.15) is 0 Å². The van der Waals surface area contributed by atoms with Gasteiger partial charge in [-0.2, -0.15) is 0 Å². The Labute approximate surface area is 106 Å². The molecule has 1 aliphatic carbocycles. The maximum Gasteiger partial charge on any atom is 0.239 e. The van der Waals surface area contributed by atoms with Crippen LogP contribution in [0.25, 0.3) is 0 Å². The van der Waals surface area contributed by atoms with Crippen LogP contribution in [0, 0.1) is 11.3 Å². The molecule has 3 atom stereocenters. The van der Waals surface area contributed by atoms with Crippen LogP contribution in [0.15, 0.2) is 0 Å². The molecule has 1 saturated carbocycles. The van der Waals surface area contributed by atoms with Crippen LogP contribution in [0.4, 0.5) is 0 Å². The van der Waals surface area contributed by atoms with Gasteiger partial charge in [0.25, 0.3) is 0 Å². The van der Waals surface area contributed by atoms with Crippen LogP contribution < -0.4 is 5.73 Å². The third-order valence-electron chi connectivity index (χ3n) is 4.16. The van der Waals surface area contributed by atoms with Crippen LogP contribution in [-0.2, 0) is 4.79 Å². The molecule has 0 unspecified atom stereocenters. The normalized spacial score (nSPS) is 35.9. The third-order valence-corrected chi connectivity index (χ3v) is 5.08. The lowest BCUT2D eigenvalue weighted by atomic mass is 9.85. The summed E-state index contributed by atoms with van der Waals surface area (Å²) in [5.41, 5.74) is 6.08. The number of alkyl halides is 1. The van der Waals surface area contributed by atoms with E-state index < -0.39 is 0 Å². The van der Waals surface area contributed by atoms with Crippen molar-refractivity contribution in [3.8, 4) is 0 Å². The van der Waals surface area contributed by atoms with Crippen molar-refractivity contribution in [1.82, 2.24) is 4.90 Å². The zero-order chi connectivity index (χ0) is 11.8. The van der Waals surface area contributed by atoms with Crippen LogP contribution in [0.2, 0.25) is 0 Å². The lowest BCUT2D eigenvalue weighted by Crippen LogP contribution is -2.41. The van der Waals surface area contributed by atoms with Crippen molar-refractivity contribution < 1.29 is 4.79 Å². The SMILES string of the molecule is C[C@H](N)C(=O)N1CC[C@@]2(CC[C@H](CBr)C2)C1. The molecule has 0 bridgehead atoms. The van der Waals surface area contributed by atoms with E-state index >= 15 is 0 Å². The van der Waals surface area contributed by atoms with Gasteiger partial charge in [0.15, 0.2) is 0 Å². The zero-order valence-corrected chi connectivity index (χ0v) is 11.5. The summed E-state index contributed by atoms with van der Waals surface area (Å²) in [6.45, 7) is 3.63. The molecular weight excluding hydrogens is 268 g/mol. The van der Waals surface area contributed by atoms with Crippen LogP contribution in [0.5, 0.6) is 0 Å². The monoisotopic (exact) mass is 288 g/mol. The summed E-state index contributed by atoms with van der Waals surface area (Å²) in [6, 6.07) is -0.344. The van der Waals surface area contributed by atoms with E-state index in [-0.39, 0.29) is 11.9 Å². The first-order valence-corrected chi connectivity index (χ1v) is 7.29. The molecule has 0 aromatic heterocycles. The van der Waals surface area contributed by atoms with Crippen LogP contribution >= 0.6 is 15.9 Å². The molecule has 1 spiro atoms. The smallest absolute Gasteiger partial charge is 0.239 e. The number of hydrogen-bond acceptors (Lipinski definition) is 2. The standard InChI is InChI=1S/C12H21BrN2O/c1-9(14)11(16)15-5-4-12(8-15)3-2-10(6-12)7-13/h9-10H,2-8,14H2,1H3/t9-,10-,12+/m0/s1. The fourth-order valence-electron chi connectivity index (χ4n) is 3.24. The second-order valence-electron chi connectivity index (χ2n) is 5.56. The summed E-state index contributed by atoms with van der Waals surface area (Å²) in [7, 11) is 0. The average molecular weight is 289 g/mol. The molecule has 92 valence electrons. The van der Waals surface area contributed by atoms with Gasteiger partial charge in [-0.25, -0.2) is 0 Å². The number of likely N-dealkylation sites (tertiary alicyclic amines) is 1. The molecule has 2 fully saturated rings. The first kappa shape index (κ1) is 12.4. The summed E-state index contributed by atoms with van der Waals surface area (Å²) in [4.78, 5) is 13.8. The highest BCUT2D eigenvalue weighted by Gasteiger charge is 2.44. The number of halogens is 1. The Morgan fingerprint density at radius 1 is 1.62 bits per heavy atom. The van der Waals surface area contributed by atoms with Gasteiger partial charge in [-0.05, 0) is 43.9 Å². The van der Waals surface area contributed by atoms with Crippen molar-refractivity contribution in [3.05, 3.63) is 0 Å². The molecular formula is C12H21BrN2O. The number of hydrogen-bond donors (Lipinski definition) is 1. The minimum absolute atomic E-state index is 0.124. The number of rotatable bonds is 2. The van der Waals surface area contributed by atoms with E-state index in [4.69, 9.17) is 5.73 Å². The molecule has 0 radical (unpaired) electrons. The Hall–Kier alpha value is -0.0900. The molecule has 2 aliphatic rings. The first-order chi connectivity index (χ1) is 7.56. The summed E-state index contributed by atoms with van der Waals surface area (Å²) in [5.74, 6) is 0.935. The van der Waals surface area contributed by atoms with E-state index in [1.54, 1.807) is 6.92 Å². The minimum Gasteiger partial charge on any atom is -0.341 e. The Morgan fingerprint density at radius 2 is 2.38 bits per heavy atom. The second-order valence-corrected chi connectivity index (χ2v) is 6.21. The molecule has 16 heavy (non-hydrogen) atoms. The highest BCUT2D eigenvalue weighted by Crippen LogP contribution is 2.48. The molecule has 1 aliphatic heterocycles. The first-order valence-electron chi connectivity index (χ1n) is 6.17. The average Bonchev–Trinajstić information content (AvgIpc) is 2.85. The van der Waals surface area contributed by atoms with Gasteiger partial charge >= 0.3 is 0 Å². The number of nitrogens with zero attached hydrogens (tertiary/aromatic N) is 1. The summed E-state index contributed by atoms with van der Waals surface area (Å²) < 4.78 is 0. The minimum atomic E-state index is -0.344. The Morgan fingerprint density at radius 3 is 2.94 bits per heavy atom. The largest absolute Gasteiger partial charge is 0.341 e. The predicted molar refractivity (Wildman–Crippen MR) is 68.4 cm³/mol. The van der Waals surface area contributed by atoms with E-state index in [1.165, 1.54) is 25.7 Å². The Bertz CT molecular complexity index is 282. The van der Waals surface area contributed by atoms with Crippen molar-refractivity contribution in [2.75, 3.05) is 18.4 Å². The van der Waals surface area contributed by atoms with Gasteiger partial charge < -0.3 is 10.6 Å². The van der Waals surface area contributed by atoms with E-state index in [0.717, 1.165) is 24.3 Å².